The molecule has 1 N–H and O–H groups in total. The lowest BCUT2D eigenvalue weighted by Crippen LogP contribution is -2.21. The molecule has 0 amide bonds. The first kappa shape index (κ1) is 14.1. The molecular weight excluding hydrogens is 266 g/mol. The summed E-state index contributed by atoms with van der Waals surface area (Å²) < 4.78 is 11.0. The summed E-state index contributed by atoms with van der Waals surface area (Å²) in [6.45, 7) is 7.09. The van der Waals surface area contributed by atoms with E-state index in [0.29, 0.717) is 11.7 Å². The van der Waals surface area contributed by atoms with Gasteiger partial charge >= 0.3 is 0 Å². The van der Waals surface area contributed by atoms with Gasteiger partial charge in [0.1, 0.15) is 6.10 Å². The highest BCUT2D eigenvalue weighted by atomic mass is 16.5. The molecule has 2 heterocycles. The van der Waals surface area contributed by atoms with E-state index >= 15 is 0 Å². The largest absolute Gasteiger partial charge is 0.384 e. The van der Waals surface area contributed by atoms with Crippen molar-refractivity contribution in [3.8, 4) is 0 Å². The predicted molar refractivity (Wildman–Crippen MR) is 80.3 cm³/mol. The van der Waals surface area contributed by atoms with Gasteiger partial charge in [0.05, 0.1) is 5.92 Å². The van der Waals surface area contributed by atoms with Crippen LogP contribution in [0.3, 0.4) is 0 Å². The molecule has 5 nitrogen and oxygen atoms in total. The molecule has 0 radical (unpaired) electrons. The van der Waals surface area contributed by atoms with Gasteiger partial charge in [0.25, 0.3) is 0 Å². The van der Waals surface area contributed by atoms with Gasteiger partial charge in [-0.25, -0.2) is 0 Å². The van der Waals surface area contributed by atoms with Crippen LogP contribution in [0.4, 0.5) is 5.69 Å². The van der Waals surface area contributed by atoms with Gasteiger partial charge < -0.3 is 14.6 Å². The van der Waals surface area contributed by atoms with Crippen LogP contribution in [0.25, 0.3) is 0 Å². The Hall–Kier alpha value is -1.88. The van der Waals surface area contributed by atoms with Crippen LogP contribution >= 0.6 is 0 Å². The number of fused-ring (bicyclic) bond motifs is 1. The van der Waals surface area contributed by atoms with Gasteiger partial charge in [-0.3, -0.25) is 0 Å². The van der Waals surface area contributed by atoms with Gasteiger partial charge in [-0.05, 0) is 17.0 Å². The lowest BCUT2D eigenvalue weighted by atomic mass is 9.88. The monoisotopic (exact) mass is 287 g/mol. The molecule has 0 saturated carbocycles. The maximum Gasteiger partial charge on any atom is 0.236 e. The maximum absolute atomic E-state index is 5.55. The average Bonchev–Trinajstić information content (AvgIpc) is 3.04. The molecule has 3 rings (SSSR count). The van der Waals surface area contributed by atoms with Crippen molar-refractivity contribution < 1.29 is 9.26 Å². The molecule has 1 aromatic carbocycles. The second-order valence-electron chi connectivity index (χ2n) is 6.49. The van der Waals surface area contributed by atoms with Gasteiger partial charge in [0.15, 0.2) is 0 Å². The molecule has 1 aliphatic rings. The molecule has 0 fully saturated rings. The van der Waals surface area contributed by atoms with E-state index in [4.69, 9.17) is 9.26 Å². The standard InChI is InChI=1S/C16H21N3O2/c1-16(2,3)13(20-4)14-18-15(21-19-14)11-9-17-12-8-6-5-7-10(11)12/h5-8,11,13,17H,9H2,1-4H3. The lowest BCUT2D eigenvalue weighted by Gasteiger charge is -2.26. The second-order valence-corrected chi connectivity index (χ2v) is 6.49. The SMILES string of the molecule is COC(c1noc(C2CNc3ccccc32)n1)C(C)(C)C. The molecule has 0 bridgehead atoms. The first-order chi connectivity index (χ1) is 10.0. The maximum atomic E-state index is 5.55. The van der Waals surface area contributed by atoms with Crippen molar-refractivity contribution in [2.24, 2.45) is 5.41 Å². The molecule has 2 atom stereocenters. The van der Waals surface area contributed by atoms with E-state index in [1.807, 2.05) is 12.1 Å². The predicted octanol–water partition coefficient (Wildman–Crippen LogP) is 3.36. The number of rotatable bonds is 3. The van der Waals surface area contributed by atoms with E-state index < -0.39 is 0 Å². The minimum absolute atomic E-state index is 0.0816. The van der Waals surface area contributed by atoms with Gasteiger partial charge in [-0.2, -0.15) is 4.98 Å². The van der Waals surface area contributed by atoms with Gasteiger partial charge in [0, 0.05) is 19.3 Å². The molecule has 0 aliphatic carbocycles. The highest BCUT2D eigenvalue weighted by molar-refractivity contribution is 5.59. The number of nitrogens with zero attached hydrogens (tertiary/aromatic N) is 2. The summed E-state index contributed by atoms with van der Waals surface area (Å²) in [5.74, 6) is 1.37. The Labute approximate surface area is 124 Å². The van der Waals surface area contributed by atoms with E-state index in [1.54, 1.807) is 7.11 Å². The Morgan fingerprint density at radius 2 is 2.10 bits per heavy atom. The number of hydrogen-bond acceptors (Lipinski definition) is 5. The number of ether oxygens (including phenoxy) is 1. The molecule has 0 saturated heterocycles. The smallest absolute Gasteiger partial charge is 0.236 e. The third-order valence-corrected chi connectivity index (χ3v) is 3.85. The van der Waals surface area contributed by atoms with E-state index in [2.05, 4.69) is 48.4 Å². The van der Waals surface area contributed by atoms with Crippen molar-refractivity contribution in [1.29, 1.82) is 0 Å². The molecule has 2 aromatic rings. The second kappa shape index (κ2) is 5.15. The third-order valence-electron chi connectivity index (χ3n) is 3.85. The van der Waals surface area contributed by atoms with E-state index in [1.165, 1.54) is 5.56 Å². The summed E-state index contributed by atoms with van der Waals surface area (Å²) >= 11 is 0. The van der Waals surface area contributed by atoms with Crippen LogP contribution in [-0.4, -0.2) is 23.8 Å². The summed E-state index contributed by atoms with van der Waals surface area (Å²) in [5.41, 5.74) is 2.26. The van der Waals surface area contributed by atoms with Crippen molar-refractivity contribution in [2.75, 3.05) is 19.0 Å². The third kappa shape index (κ3) is 2.53. The molecule has 0 spiro atoms. The van der Waals surface area contributed by atoms with Crippen molar-refractivity contribution in [3.63, 3.8) is 0 Å². The summed E-state index contributed by atoms with van der Waals surface area (Å²) in [7, 11) is 1.68. The Kier molecular flexibility index (Phi) is 3.45. The number of anilines is 1. The molecule has 1 aliphatic heterocycles. The summed E-state index contributed by atoms with van der Waals surface area (Å²) in [6.07, 6.45) is -0.181. The number of benzene rings is 1. The zero-order valence-electron chi connectivity index (χ0n) is 12.9. The Morgan fingerprint density at radius 3 is 2.81 bits per heavy atom. The van der Waals surface area contributed by atoms with Gasteiger partial charge in [-0.1, -0.05) is 44.1 Å². The summed E-state index contributed by atoms with van der Waals surface area (Å²) in [6, 6.07) is 8.22. The fourth-order valence-electron chi connectivity index (χ4n) is 2.85. The van der Waals surface area contributed by atoms with E-state index in [9.17, 15) is 0 Å². The lowest BCUT2D eigenvalue weighted by molar-refractivity contribution is 0.00718. The van der Waals surface area contributed by atoms with Crippen LogP contribution in [0.15, 0.2) is 28.8 Å². The Balaban J connectivity index is 1.90. The molecule has 112 valence electrons. The molecular formula is C16H21N3O2. The highest BCUT2D eigenvalue weighted by Crippen LogP contribution is 2.38. The number of methoxy groups -OCH3 is 1. The zero-order valence-corrected chi connectivity index (χ0v) is 12.9. The van der Waals surface area contributed by atoms with Crippen molar-refractivity contribution in [1.82, 2.24) is 10.1 Å². The summed E-state index contributed by atoms with van der Waals surface area (Å²) in [4.78, 5) is 4.59. The molecule has 1 aromatic heterocycles. The van der Waals surface area contributed by atoms with Crippen molar-refractivity contribution >= 4 is 5.69 Å². The topological polar surface area (TPSA) is 60.2 Å². The van der Waals surface area contributed by atoms with Gasteiger partial charge in [-0.15, -0.1) is 0 Å². The van der Waals surface area contributed by atoms with Crippen LogP contribution < -0.4 is 5.32 Å². The Morgan fingerprint density at radius 1 is 1.33 bits per heavy atom. The fraction of sp³-hybridized carbons (Fsp3) is 0.500. The van der Waals surface area contributed by atoms with Crippen molar-refractivity contribution in [3.05, 3.63) is 41.5 Å². The van der Waals surface area contributed by atoms with Crippen LogP contribution in [0.1, 0.15) is 50.1 Å². The van der Waals surface area contributed by atoms with E-state index in [0.717, 1.165) is 12.2 Å². The molecule has 21 heavy (non-hydrogen) atoms. The normalized spacial score (nSPS) is 19.1. The zero-order chi connectivity index (χ0) is 15.0. The first-order valence-corrected chi connectivity index (χ1v) is 7.20. The molecule has 2 unspecified atom stereocenters. The van der Waals surface area contributed by atoms with Gasteiger partial charge in [0.2, 0.25) is 11.7 Å². The van der Waals surface area contributed by atoms with Crippen LogP contribution in [0, 0.1) is 5.41 Å². The summed E-state index contributed by atoms with van der Waals surface area (Å²) in [5, 5.41) is 7.50. The van der Waals surface area contributed by atoms with Crippen molar-refractivity contribution in [2.45, 2.75) is 32.8 Å². The molecule has 5 heteroatoms. The number of hydrogen-bond donors (Lipinski definition) is 1. The minimum atomic E-state index is -0.181. The quantitative estimate of drug-likeness (QED) is 0.938. The number of para-hydroxylation sites is 1. The average molecular weight is 287 g/mol. The number of nitrogens with one attached hydrogen (secondary N) is 1. The van der Waals surface area contributed by atoms with Crippen LogP contribution in [0.5, 0.6) is 0 Å². The van der Waals surface area contributed by atoms with E-state index in [-0.39, 0.29) is 17.4 Å². The first-order valence-electron chi connectivity index (χ1n) is 7.20. The minimum Gasteiger partial charge on any atom is -0.384 e. The highest BCUT2D eigenvalue weighted by Gasteiger charge is 2.33. The fourth-order valence-corrected chi connectivity index (χ4v) is 2.85. The van der Waals surface area contributed by atoms with Crippen LogP contribution in [0.2, 0.25) is 0 Å². The van der Waals surface area contributed by atoms with Crippen LogP contribution in [-0.2, 0) is 4.74 Å². The number of aromatic nitrogens is 2. The Bertz CT molecular complexity index is 630.